The van der Waals surface area contributed by atoms with Gasteiger partial charge < -0.3 is 20.5 Å². The van der Waals surface area contributed by atoms with E-state index < -0.39 is 6.10 Å². The Hall–Kier alpha value is -1.14. The quantitative estimate of drug-likeness (QED) is 0.775. The van der Waals surface area contributed by atoms with Gasteiger partial charge in [0.25, 0.3) is 0 Å². The van der Waals surface area contributed by atoms with E-state index in [0.29, 0.717) is 19.7 Å². The predicted molar refractivity (Wildman–Crippen MR) is 79.8 cm³/mol. The zero-order chi connectivity index (χ0) is 14.4. The predicted octanol–water partition coefficient (Wildman–Crippen LogP) is 0.132. The van der Waals surface area contributed by atoms with Gasteiger partial charge in [-0.3, -0.25) is 4.90 Å². The van der Waals surface area contributed by atoms with Gasteiger partial charge in [0.1, 0.15) is 18.5 Å². The molecule has 1 aromatic rings. The Kier molecular flexibility index (Phi) is 5.79. The van der Waals surface area contributed by atoms with Crippen LogP contribution in [0.15, 0.2) is 24.3 Å². The number of aliphatic hydroxyl groups is 1. The molecule has 1 unspecified atom stereocenters. The highest BCUT2D eigenvalue weighted by molar-refractivity contribution is 5.32. The fourth-order valence-electron chi connectivity index (χ4n) is 2.38. The zero-order valence-electron chi connectivity index (χ0n) is 12.2. The molecule has 5 nitrogen and oxygen atoms in total. The maximum atomic E-state index is 10.1. The van der Waals surface area contributed by atoms with Crippen molar-refractivity contribution >= 4 is 0 Å². The molecule has 0 spiro atoms. The molecular formula is C15H25N3O2. The Bertz CT molecular complexity index is 406. The molecule has 1 heterocycles. The number of hydrogen-bond donors (Lipinski definition) is 2. The highest BCUT2D eigenvalue weighted by Crippen LogP contribution is 2.17. The van der Waals surface area contributed by atoms with Crippen molar-refractivity contribution in [2.75, 3.05) is 46.4 Å². The van der Waals surface area contributed by atoms with Gasteiger partial charge in [-0.05, 0) is 13.1 Å². The minimum absolute atomic E-state index is 0.309. The molecule has 3 N–H and O–H groups in total. The SMILES string of the molecule is CN1CCN(CC(O)COc2ccccc2CN)CC1. The van der Waals surface area contributed by atoms with E-state index >= 15 is 0 Å². The van der Waals surface area contributed by atoms with Crippen LogP contribution in [-0.4, -0.2) is 67.4 Å². The fraction of sp³-hybridized carbons (Fsp3) is 0.600. The lowest BCUT2D eigenvalue weighted by Gasteiger charge is -2.33. The van der Waals surface area contributed by atoms with E-state index in [2.05, 4.69) is 16.8 Å². The molecule has 0 saturated carbocycles. The maximum absolute atomic E-state index is 10.1. The summed E-state index contributed by atoms with van der Waals surface area (Å²) < 4.78 is 5.69. The normalized spacial score (nSPS) is 18.9. The van der Waals surface area contributed by atoms with Crippen LogP contribution in [0.25, 0.3) is 0 Å². The number of hydrogen-bond acceptors (Lipinski definition) is 5. The molecule has 0 aromatic heterocycles. The Labute approximate surface area is 120 Å². The second-order valence-electron chi connectivity index (χ2n) is 5.38. The van der Waals surface area contributed by atoms with Gasteiger partial charge in [0.2, 0.25) is 0 Å². The van der Waals surface area contributed by atoms with E-state index in [0.717, 1.165) is 37.5 Å². The number of piperazine rings is 1. The van der Waals surface area contributed by atoms with Crippen LogP contribution in [0.4, 0.5) is 0 Å². The number of aliphatic hydroxyl groups excluding tert-OH is 1. The number of benzene rings is 1. The first-order valence-electron chi connectivity index (χ1n) is 7.18. The second kappa shape index (κ2) is 7.59. The van der Waals surface area contributed by atoms with Crippen LogP contribution in [-0.2, 0) is 6.54 Å². The average molecular weight is 279 g/mol. The highest BCUT2D eigenvalue weighted by atomic mass is 16.5. The summed E-state index contributed by atoms with van der Waals surface area (Å²) in [6.45, 7) is 5.56. The van der Waals surface area contributed by atoms with Crippen molar-refractivity contribution in [2.45, 2.75) is 12.6 Å². The molecule has 1 fully saturated rings. The first-order valence-corrected chi connectivity index (χ1v) is 7.18. The molecule has 1 aliphatic heterocycles. The van der Waals surface area contributed by atoms with Gasteiger partial charge in [-0.1, -0.05) is 18.2 Å². The van der Waals surface area contributed by atoms with Crippen LogP contribution in [0.2, 0.25) is 0 Å². The lowest BCUT2D eigenvalue weighted by molar-refractivity contribution is 0.0502. The molecule has 0 amide bonds. The van der Waals surface area contributed by atoms with Gasteiger partial charge in [-0.15, -0.1) is 0 Å². The first-order chi connectivity index (χ1) is 9.69. The summed E-state index contributed by atoms with van der Waals surface area (Å²) in [5.41, 5.74) is 6.64. The molecule has 5 heteroatoms. The van der Waals surface area contributed by atoms with Crippen LogP contribution < -0.4 is 10.5 Å². The molecule has 112 valence electrons. The molecule has 0 aliphatic carbocycles. The van der Waals surface area contributed by atoms with Crippen molar-refractivity contribution in [3.05, 3.63) is 29.8 Å². The maximum Gasteiger partial charge on any atom is 0.123 e. The average Bonchev–Trinajstić information content (AvgIpc) is 2.48. The van der Waals surface area contributed by atoms with E-state index in [-0.39, 0.29) is 0 Å². The lowest BCUT2D eigenvalue weighted by Crippen LogP contribution is -2.47. The van der Waals surface area contributed by atoms with Gasteiger partial charge in [0, 0.05) is 44.8 Å². The van der Waals surface area contributed by atoms with Crippen molar-refractivity contribution in [1.29, 1.82) is 0 Å². The lowest BCUT2D eigenvalue weighted by atomic mass is 10.2. The zero-order valence-corrected chi connectivity index (χ0v) is 12.2. The number of ether oxygens (including phenoxy) is 1. The van der Waals surface area contributed by atoms with Crippen LogP contribution in [0.3, 0.4) is 0 Å². The third kappa shape index (κ3) is 4.45. The second-order valence-corrected chi connectivity index (χ2v) is 5.38. The standard InChI is InChI=1S/C15H25N3O2/c1-17-6-8-18(9-7-17)11-14(19)12-20-15-5-3-2-4-13(15)10-16/h2-5,14,19H,6-12,16H2,1H3. The van der Waals surface area contributed by atoms with Crippen LogP contribution >= 0.6 is 0 Å². The molecule has 0 radical (unpaired) electrons. The Morgan fingerprint density at radius 1 is 1.25 bits per heavy atom. The van der Waals surface area contributed by atoms with Gasteiger partial charge >= 0.3 is 0 Å². The van der Waals surface area contributed by atoms with Crippen molar-refractivity contribution in [1.82, 2.24) is 9.80 Å². The number of nitrogens with two attached hydrogens (primary N) is 1. The van der Waals surface area contributed by atoms with Crippen molar-refractivity contribution in [3.8, 4) is 5.75 Å². The fourth-order valence-corrected chi connectivity index (χ4v) is 2.38. The van der Waals surface area contributed by atoms with Gasteiger partial charge in [0.05, 0.1) is 0 Å². The third-order valence-electron chi connectivity index (χ3n) is 3.69. The molecule has 0 bridgehead atoms. The molecule has 1 saturated heterocycles. The summed E-state index contributed by atoms with van der Waals surface area (Å²) in [4.78, 5) is 4.58. The van der Waals surface area contributed by atoms with Crippen molar-refractivity contribution in [2.24, 2.45) is 5.73 Å². The topological polar surface area (TPSA) is 62.0 Å². The summed E-state index contributed by atoms with van der Waals surface area (Å²) in [5, 5.41) is 10.1. The summed E-state index contributed by atoms with van der Waals surface area (Å²) in [7, 11) is 2.13. The van der Waals surface area contributed by atoms with E-state index in [1.54, 1.807) is 0 Å². The largest absolute Gasteiger partial charge is 0.491 e. The molecule has 2 rings (SSSR count). The molecule has 1 aliphatic rings. The Morgan fingerprint density at radius 3 is 2.65 bits per heavy atom. The van der Waals surface area contributed by atoms with Crippen LogP contribution in [0, 0.1) is 0 Å². The van der Waals surface area contributed by atoms with Gasteiger partial charge in [-0.25, -0.2) is 0 Å². The molecular weight excluding hydrogens is 254 g/mol. The summed E-state index contributed by atoms with van der Waals surface area (Å²) in [6.07, 6.45) is -0.468. The summed E-state index contributed by atoms with van der Waals surface area (Å²) >= 11 is 0. The van der Waals surface area contributed by atoms with E-state index in [1.165, 1.54) is 0 Å². The monoisotopic (exact) mass is 279 g/mol. The van der Waals surface area contributed by atoms with E-state index in [1.807, 2.05) is 24.3 Å². The highest BCUT2D eigenvalue weighted by Gasteiger charge is 2.17. The van der Waals surface area contributed by atoms with Gasteiger partial charge in [0.15, 0.2) is 0 Å². The van der Waals surface area contributed by atoms with Crippen molar-refractivity contribution < 1.29 is 9.84 Å². The minimum atomic E-state index is -0.468. The molecule has 1 aromatic carbocycles. The number of para-hydroxylation sites is 1. The van der Waals surface area contributed by atoms with Crippen LogP contribution in [0.5, 0.6) is 5.75 Å². The Morgan fingerprint density at radius 2 is 1.95 bits per heavy atom. The van der Waals surface area contributed by atoms with E-state index in [4.69, 9.17) is 10.5 Å². The van der Waals surface area contributed by atoms with Crippen molar-refractivity contribution in [3.63, 3.8) is 0 Å². The number of likely N-dealkylation sites (N-methyl/N-ethyl adjacent to an activating group) is 1. The minimum Gasteiger partial charge on any atom is -0.491 e. The number of rotatable bonds is 6. The molecule has 1 atom stereocenters. The van der Waals surface area contributed by atoms with Crippen LogP contribution in [0.1, 0.15) is 5.56 Å². The van der Waals surface area contributed by atoms with Gasteiger partial charge in [-0.2, -0.15) is 0 Å². The third-order valence-corrected chi connectivity index (χ3v) is 3.69. The summed E-state index contributed by atoms with van der Waals surface area (Å²) in [5.74, 6) is 0.771. The smallest absolute Gasteiger partial charge is 0.123 e. The number of β-amino-alcohol motifs (C(OH)–C–C–N with tert-alkyl or cyclic N) is 1. The first kappa shape index (κ1) is 15.3. The van der Waals surface area contributed by atoms with E-state index in [9.17, 15) is 5.11 Å². The Balaban J connectivity index is 1.76. The molecule has 20 heavy (non-hydrogen) atoms. The summed E-state index contributed by atoms with van der Waals surface area (Å²) in [6, 6.07) is 7.70. The number of nitrogens with zero attached hydrogens (tertiary/aromatic N) is 2.